The van der Waals surface area contributed by atoms with Crippen LogP contribution in [0.1, 0.15) is 23.2 Å². The van der Waals surface area contributed by atoms with Crippen molar-refractivity contribution in [3.05, 3.63) is 53.8 Å². The lowest BCUT2D eigenvalue weighted by Crippen LogP contribution is -2.12. The van der Waals surface area contributed by atoms with Crippen molar-refractivity contribution in [3.8, 4) is 0 Å². The van der Waals surface area contributed by atoms with Crippen LogP contribution in [-0.4, -0.2) is 39.2 Å². The standard InChI is InChI=1S/C17H19N7OS/c25-16(23-17-24-22-12-26-17)13-6-7-15(21-11-13)20-10-4-3-9-19-14-5-1-2-8-18-14/h1-2,5-8,11-12H,3-4,9-10H2,(H,18,19)(H,20,21)(H,23,24,25). The Balaban J connectivity index is 1.34. The van der Waals surface area contributed by atoms with Gasteiger partial charge in [-0.25, -0.2) is 9.97 Å². The molecule has 0 aliphatic heterocycles. The van der Waals surface area contributed by atoms with Gasteiger partial charge in [-0.3, -0.25) is 10.1 Å². The maximum Gasteiger partial charge on any atom is 0.259 e. The maximum absolute atomic E-state index is 12.0. The quantitative estimate of drug-likeness (QED) is 0.498. The lowest BCUT2D eigenvalue weighted by atomic mass is 10.2. The first-order valence-corrected chi connectivity index (χ1v) is 9.11. The molecule has 0 bridgehead atoms. The van der Waals surface area contributed by atoms with E-state index in [1.54, 1.807) is 30.0 Å². The predicted molar refractivity (Wildman–Crippen MR) is 103 cm³/mol. The molecule has 1 amide bonds. The van der Waals surface area contributed by atoms with Gasteiger partial charge in [-0.2, -0.15) is 0 Å². The molecule has 3 heterocycles. The van der Waals surface area contributed by atoms with Crippen LogP contribution in [0.5, 0.6) is 0 Å². The third kappa shape index (κ3) is 5.49. The van der Waals surface area contributed by atoms with Crippen LogP contribution in [0.15, 0.2) is 48.2 Å². The highest BCUT2D eigenvalue weighted by molar-refractivity contribution is 7.13. The third-order valence-electron chi connectivity index (χ3n) is 3.49. The average Bonchev–Trinajstić information content (AvgIpc) is 3.19. The minimum atomic E-state index is -0.249. The summed E-state index contributed by atoms with van der Waals surface area (Å²) in [7, 11) is 0. The van der Waals surface area contributed by atoms with Gasteiger partial charge in [0, 0.05) is 25.5 Å². The molecule has 26 heavy (non-hydrogen) atoms. The number of amides is 1. The summed E-state index contributed by atoms with van der Waals surface area (Å²) in [6.45, 7) is 1.68. The molecule has 0 spiro atoms. The predicted octanol–water partition coefficient (Wildman–Crippen LogP) is 2.88. The fourth-order valence-electron chi connectivity index (χ4n) is 2.18. The average molecular weight is 369 g/mol. The molecule has 0 saturated carbocycles. The summed E-state index contributed by atoms with van der Waals surface area (Å²) in [5.74, 6) is 1.39. The van der Waals surface area contributed by atoms with Gasteiger partial charge in [-0.1, -0.05) is 17.4 Å². The second-order valence-electron chi connectivity index (χ2n) is 5.41. The van der Waals surface area contributed by atoms with Gasteiger partial charge < -0.3 is 10.6 Å². The summed E-state index contributed by atoms with van der Waals surface area (Å²) < 4.78 is 0. The summed E-state index contributed by atoms with van der Waals surface area (Å²) in [6.07, 6.45) is 5.33. The van der Waals surface area contributed by atoms with Crippen molar-refractivity contribution in [2.45, 2.75) is 12.8 Å². The molecule has 8 nitrogen and oxygen atoms in total. The highest BCUT2D eigenvalue weighted by Crippen LogP contribution is 2.11. The van der Waals surface area contributed by atoms with Crippen LogP contribution in [0.3, 0.4) is 0 Å². The largest absolute Gasteiger partial charge is 0.370 e. The van der Waals surface area contributed by atoms with Crippen LogP contribution in [0.2, 0.25) is 0 Å². The van der Waals surface area contributed by atoms with Gasteiger partial charge in [0.2, 0.25) is 5.13 Å². The highest BCUT2D eigenvalue weighted by Gasteiger charge is 2.08. The molecule has 3 rings (SSSR count). The van der Waals surface area contributed by atoms with Crippen molar-refractivity contribution in [2.75, 3.05) is 29.0 Å². The van der Waals surface area contributed by atoms with Crippen LogP contribution in [0, 0.1) is 0 Å². The number of rotatable bonds is 9. The van der Waals surface area contributed by atoms with Gasteiger partial charge in [-0.05, 0) is 37.1 Å². The Kier molecular flexibility index (Phi) is 6.43. The minimum absolute atomic E-state index is 0.249. The lowest BCUT2D eigenvalue weighted by Gasteiger charge is -2.07. The Labute approximate surface area is 155 Å². The van der Waals surface area contributed by atoms with Crippen molar-refractivity contribution in [1.82, 2.24) is 20.2 Å². The molecule has 0 fully saturated rings. The van der Waals surface area contributed by atoms with E-state index in [4.69, 9.17) is 0 Å². The summed E-state index contributed by atoms with van der Waals surface area (Å²) >= 11 is 1.27. The van der Waals surface area contributed by atoms with Gasteiger partial charge in [0.15, 0.2) is 0 Å². The second-order valence-corrected chi connectivity index (χ2v) is 6.24. The molecular formula is C17H19N7OS. The number of nitrogens with zero attached hydrogens (tertiary/aromatic N) is 4. The van der Waals surface area contributed by atoms with E-state index in [9.17, 15) is 4.79 Å². The van der Waals surface area contributed by atoms with E-state index in [2.05, 4.69) is 36.1 Å². The molecule has 3 aromatic rings. The Hall–Kier alpha value is -3.07. The molecule has 3 aromatic heterocycles. The van der Waals surface area contributed by atoms with E-state index >= 15 is 0 Å². The topological polar surface area (TPSA) is 105 Å². The zero-order valence-electron chi connectivity index (χ0n) is 14.1. The summed E-state index contributed by atoms with van der Waals surface area (Å²) in [5, 5.41) is 17.1. The molecule has 9 heteroatoms. The first-order valence-electron chi connectivity index (χ1n) is 8.23. The van der Waals surface area contributed by atoms with Crippen molar-refractivity contribution in [2.24, 2.45) is 0 Å². The fourth-order valence-corrected chi connectivity index (χ4v) is 2.62. The number of carbonyl (C=O) groups is 1. The number of unbranched alkanes of at least 4 members (excludes halogenated alkanes) is 1. The van der Waals surface area contributed by atoms with E-state index in [1.807, 2.05) is 18.2 Å². The molecule has 0 radical (unpaired) electrons. The molecular weight excluding hydrogens is 350 g/mol. The van der Waals surface area contributed by atoms with Crippen molar-refractivity contribution < 1.29 is 4.79 Å². The molecule has 0 saturated heterocycles. The smallest absolute Gasteiger partial charge is 0.259 e. The molecule has 0 atom stereocenters. The number of aromatic nitrogens is 4. The molecule has 0 aromatic carbocycles. The van der Waals surface area contributed by atoms with E-state index in [1.165, 1.54) is 11.3 Å². The normalized spacial score (nSPS) is 10.3. The fraction of sp³-hybridized carbons (Fsp3) is 0.235. The monoisotopic (exact) mass is 369 g/mol. The van der Waals surface area contributed by atoms with E-state index in [0.29, 0.717) is 10.7 Å². The maximum atomic E-state index is 12.0. The number of nitrogens with one attached hydrogen (secondary N) is 3. The zero-order valence-corrected chi connectivity index (χ0v) is 14.9. The zero-order chi connectivity index (χ0) is 18.0. The summed E-state index contributed by atoms with van der Waals surface area (Å²) in [4.78, 5) is 20.5. The van der Waals surface area contributed by atoms with Crippen LogP contribution < -0.4 is 16.0 Å². The van der Waals surface area contributed by atoms with Crippen LogP contribution >= 0.6 is 11.3 Å². The second kappa shape index (κ2) is 9.42. The van der Waals surface area contributed by atoms with Gasteiger partial charge in [0.25, 0.3) is 5.91 Å². The number of pyridine rings is 2. The molecule has 0 aliphatic carbocycles. The Bertz CT molecular complexity index is 794. The third-order valence-corrected chi connectivity index (χ3v) is 4.09. The van der Waals surface area contributed by atoms with Crippen molar-refractivity contribution in [1.29, 1.82) is 0 Å². The number of carbonyl (C=O) groups excluding carboxylic acids is 1. The Morgan fingerprint density at radius 2 is 1.81 bits per heavy atom. The van der Waals surface area contributed by atoms with E-state index in [0.717, 1.165) is 37.6 Å². The van der Waals surface area contributed by atoms with E-state index in [-0.39, 0.29) is 5.91 Å². The number of hydrogen-bond acceptors (Lipinski definition) is 8. The lowest BCUT2D eigenvalue weighted by molar-refractivity contribution is 0.102. The van der Waals surface area contributed by atoms with Crippen molar-refractivity contribution in [3.63, 3.8) is 0 Å². The van der Waals surface area contributed by atoms with Gasteiger partial charge >= 0.3 is 0 Å². The van der Waals surface area contributed by atoms with Crippen LogP contribution in [0.25, 0.3) is 0 Å². The highest BCUT2D eigenvalue weighted by atomic mass is 32.1. The molecule has 0 aliphatic rings. The molecule has 3 N–H and O–H groups in total. The number of anilines is 3. The van der Waals surface area contributed by atoms with Crippen molar-refractivity contribution >= 4 is 34.0 Å². The van der Waals surface area contributed by atoms with Gasteiger partial charge in [-0.15, -0.1) is 10.2 Å². The Morgan fingerprint density at radius 3 is 2.42 bits per heavy atom. The van der Waals surface area contributed by atoms with E-state index < -0.39 is 0 Å². The first kappa shape index (κ1) is 17.7. The molecule has 0 unspecified atom stereocenters. The van der Waals surface area contributed by atoms with Gasteiger partial charge in [0.05, 0.1) is 5.56 Å². The van der Waals surface area contributed by atoms with Crippen LogP contribution in [-0.2, 0) is 0 Å². The first-order chi connectivity index (χ1) is 12.8. The van der Waals surface area contributed by atoms with Gasteiger partial charge in [0.1, 0.15) is 17.1 Å². The molecule has 134 valence electrons. The minimum Gasteiger partial charge on any atom is -0.370 e. The summed E-state index contributed by atoms with van der Waals surface area (Å²) in [6, 6.07) is 9.33. The van der Waals surface area contributed by atoms with Crippen LogP contribution in [0.4, 0.5) is 16.8 Å². The SMILES string of the molecule is O=C(Nc1nncs1)c1ccc(NCCCCNc2ccccn2)nc1. The Morgan fingerprint density at radius 1 is 1.00 bits per heavy atom. The summed E-state index contributed by atoms with van der Waals surface area (Å²) in [5.41, 5.74) is 2.04. The number of hydrogen-bond donors (Lipinski definition) is 3.